The second kappa shape index (κ2) is 9.74. The van der Waals surface area contributed by atoms with Gasteiger partial charge in [-0.15, -0.1) is 0 Å². The van der Waals surface area contributed by atoms with Gasteiger partial charge < -0.3 is 20.3 Å². The monoisotopic (exact) mass is 486 g/mol. The van der Waals surface area contributed by atoms with Crippen molar-refractivity contribution in [3.8, 4) is 0 Å². The van der Waals surface area contributed by atoms with Gasteiger partial charge in [-0.1, -0.05) is 12.1 Å². The van der Waals surface area contributed by atoms with Crippen molar-refractivity contribution >= 4 is 40.9 Å². The molecule has 3 heterocycles. The van der Waals surface area contributed by atoms with E-state index >= 15 is 0 Å². The quantitative estimate of drug-likeness (QED) is 0.511. The summed E-state index contributed by atoms with van der Waals surface area (Å²) in [4.78, 5) is 50.4. The maximum Gasteiger partial charge on any atom is 0.262 e. The van der Waals surface area contributed by atoms with Crippen molar-refractivity contribution in [3.63, 3.8) is 0 Å². The molecule has 184 valence electrons. The second-order valence-electron chi connectivity index (χ2n) is 8.69. The molecule has 2 aromatic carbocycles. The van der Waals surface area contributed by atoms with Gasteiger partial charge in [0.1, 0.15) is 11.9 Å². The fraction of sp³-hybridized carbons (Fsp3) is 0.269. The number of carbonyl (C=O) groups excluding carboxylic acids is 3. The third kappa shape index (κ3) is 4.63. The highest BCUT2D eigenvalue weighted by Crippen LogP contribution is 2.25. The molecule has 0 bridgehead atoms. The predicted octanol–water partition coefficient (Wildman–Crippen LogP) is 2.99. The van der Waals surface area contributed by atoms with E-state index < -0.39 is 23.8 Å². The van der Waals surface area contributed by atoms with Gasteiger partial charge in [-0.3, -0.25) is 19.3 Å². The standard InChI is InChI=1S/C26H26N6O4/c1-16-15-22(30-26(27-16)31-11-13-36-14-12-31)28-18-7-9-19(10-8-18)29-23(33)17(2)32-24(34)20-5-3-4-6-21(20)25(32)35/h3-10,15,17H,11-14H2,1-2H3,(H,29,33)(H,27,28,30). The highest BCUT2D eigenvalue weighted by atomic mass is 16.5. The number of hydrogen-bond acceptors (Lipinski definition) is 8. The van der Waals surface area contributed by atoms with Gasteiger partial charge in [-0.25, -0.2) is 4.98 Å². The predicted molar refractivity (Wildman–Crippen MR) is 135 cm³/mol. The van der Waals surface area contributed by atoms with E-state index in [-0.39, 0.29) is 0 Å². The summed E-state index contributed by atoms with van der Waals surface area (Å²) in [7, 11) is 0. The molecule has 2 N–H and O–H groups in total. The molecule has 36 heavy (non-hydrogen) atoms. The average molecular weight is 487 g/mol. The molecule has 0 aliphatic carbocycles. The number of amides is 3. The van der Waals surface area contributed by atoms with Crippen molar-refractivity contribution in [1.82, 2.24) is 14.9 Å². The highest BCUT2D eigenvalue weighted by molar-refractivity contribution is 6.23. The Morgan fingerprint density at radius 1 is 0.944 bits per heavy atom. The van der Waals surface area contributed by atoms with Crippen LogP contribution in [0.25, 0.3) is 0 Å². The van der Waals surface area contributed by atoms with Crippen LogP contribution in [-0.2, 0) is 9.53 Å². The minimum absolute atomic E-state index is 0.314. The molecule has 1 saturated heterocycles. The number of morpholine rings is 1. The van der Waals surface area contributed by atoms with Crippen LogP contribution in [0.1, 0.15) is 33.3 Å². The molecular weight excluding hydrogens is 460 g/mol. The van der Waals surface area contributed by atoms with Crippen LogP contribution in [0.4, 0.5) is 23.1 Å². The molecule has 2 aliphatic rings. The van der Waals surface area contributed by atoms with E-state index in [1.54, 1.807) is 36.4 Å². The van der Waals surface area contributed by atoms with Crippen molar-refractivity contribution in [2.75, 3.05) is 41.8 Å². The Labute approximate surface area is 208 Å². The number of rotatable bonds is 6. The van der Waals surface area contributed by atoms with Crippen LogP contribution in [0.15, 0.2) is 54.6 Å². The molecule has 3 aromatic rings. The Morgan fingerprint density at radius 3 is 2.19 bits per heavy atom. The summed E-state index contributed by atoms with van der Waals surface area (Å²) in [6.07, 6.45) is 0. The summed E-state index contributed by atoms with van der Waals surface area (Å²) in [5, 5.41) is 6.06. The molecule has 0 spiro atoms. The normalized spacial score (nSPS) is 16.1. The van der Waals surface area contributed by atoms with E-state index in [1.807, 2.05) is 25.1 Å². The maximum atomic E-state index is 12.8. The van der Waals surface area contributed by atoms with E-state index in [0.717, 1.165) is 29.4 Å². The Morgan fingerprint density at radius 2 is 1.56 bits per heavy atom. The van der Waals surface area contributed by atoms with Gasteiger partial charge in [0.05, 0.1) is 24.3 Å². The number of nitrogens with zero attached hydrogens (tertiary/aromatic N) is 4. The van der Waals surface area contributed by atoms with Crippen molar-refractivity contribution in [2.45, 2.75) is 19.9 Å². The van der Waals surface area contributed by atoms with Crippen LogP contribution < -0.4 is 15.5 Å². The molecule has 0 saturated carbocycles. The van der Waals surface area contributed by atoms with E-state index in [0.29, 0.717) is 41.8 Å². The molecule has 0 radical (unpaired) electrons. The van der Waals surface area contributed by atoms with Gasteiger partial charge >= 0.3 is 0 Å². The third-order valence-corrected chi connectivity index (χ3v) is 6.15. The Bertz CT molecular complexity index is 1290. The molecule has 1 atom stereocenters. The van der Waals surface area contributed by atoms with Gasteiger partial charge in [0.2, 0.25) is 11.9 Å². The average Bonchev–Trinajstić information content (AvgIpc) is 3.14. The summed E-state index contributed by atoms with van der Waals surface area (Å²) in [6, 6.07) is 14.6. The Balaban J connectivity index is 1.23. The highest BCUT2D eigenvalue weighted by Gasteiger charge is 2.40. The van der Waals surface area contributed by atoms with Crippen molar-refractivity contribution in [2.24, 2.45) is 0 Å². The number of benzene rings is 2. The van der Waals surface area contributed by atoms with Crippen molar-refractivity contribution in [3.05, 3.63) is 71.4 Å². The summed E-state index contributed by atoms with van der Waals surface area (Å²) in [5.41, 5.74) is 2.80. The maximum absolute atomic E-state index is 12.8. The third-order valence-electron chi connectivity index (χ3n) is 6.15. The topological polar surface area (TPSA) is 117 Å². The van der Waals surface area contributed by atoms with Crippen molar-refractivity contribution < 1.29 is 19.1 Å². The smallest absolute Gasteiger partial charge is 0.262 e. The van der Waals surface area contributed by atoms with Crippen LogP contribution in [0.3, 0.4) is 0 Å². The molecule has 1 unspecified atom stereocenters. The fourth-order valence-corrected chi connectivity index (χ4v) is 4.23. The van der Waals surface area contributed by atoms with Gasteiger partial charge in [0.15, 0.2) is 0 Å². The number of carbonyl (C=O) groups is 3. The molecular formula is C26H26N6O4. The zero-order valence-electron chi connectivity index (χ0n) is 20.0. The van der Waals surface area contributed by atoms with Crippen LogP contribution in [0, 0.1) is 6.92 Å². The number of nitrogens with one attached hydrogen (secondary N) is 2. The van der Waals surface area contributed by atoms with Crippen molar-refractivity contribution in [1.29, 1.82) is 0 Å². The molecule has 3 amide bonds. The number of aryl methyl sites for hydroxylation is 1. The number of ether oxygens (including phenoxy) is 1. The van der Waals surface area contributed by atoms with Crippen LogP contribution in [-0.4, -0.2) is 64.9 Å². The number of anilines is 4. The zero-order chi connectivity index (χ0) is 25.2. The summed E-state index contributed by atoms with van der Waals surface area (Å²) in [5.74, 6) is -0.0533. The summed E-state index contributed by atoms with van der Waals surface area (Å²) < 4.78 is 5.41. The number of fused-ring (bicyclic) bond motifs is 1. The lowest BCUT2D eigenvalue weighted by atomic mass is 10.1. The van der Waals surface area contributed by atoms with Crippen LogP contribution >= 0.6 is 0 Å². The van der Waals surface area contributed by atoms with Crippen LogP contribution in [0.5, 0.6) is 0 Å². The first kappa shape index (κ1) is 23.4. The van der Waals surface area contributed by atoms with E-state index in [4.69, 9.17) is 4.74 Å². The lowest BCUT2D eigenvalue weighted by Gasteiger charge is -2.27. The lowest BCUT2D eigenvalue weighted by Crippen LogP contribution is -2.45. The zero-order valence-corrected chi connectivity index (χ0v) is 20.0. The minimum atomic E-state index is -0.960. The summed E-state index contributed by atoms with van der Waals surface area (Å²) in [6.45, 7) is 6.26. The van der Waals surface area contributed by atoms with Gasteiger partial charge in [-0.2, -0.15) is 4.98 Å². The molecule has 1 fully saturated rings. The Hall–Kier alpha value is -4.31. The van der Waals surface area contributed by atoms with Crippen LogP contribution in [0.2, 0.25) is 0 Å². The van der Waals surface area contributed by atoms with E-state index in [2.05, 4.69) is 25.5 Å². The molecule has 5 rings (SSSR count). The summed E-state index contributed by atoms with van der Waals surface area (Å²) >= 11 is 0. The first-order valence-electron chi connectivity index (χ1n) is 11.7. The Kier molecular flexibility index (Phi) is 6.34. The molecule has 2 aliphatic heterocycles. The second-order valence-corrected chi connectivity index (χ2v) is 8.69. The van der Waals surface area contributed by atoms with Gasteiger partial charge in [0.25, 0.3) is 11.8 Å². The lowest BCUT2D eigenvalue weighted by molar-refractivity contribution is -0.119. The molecule has 10 nitrogen and oxygen atoms in total. The number of hydrogen-bond donors (Lipinski definition) is 2. The number of aromatic nitrogens is 2. The first-order valence-corrected chi connectivity index (χ1v) is 11.7. The van der Waals surface area contributed by atoms with Gasteiger partial charge in [-0.05, 0) is 50.2 Å². The van der Waals surface area contributed by atoms with E-state index in [9.17, 15) is 14.4 Å². The molecule has 10 heteroatoms. The van der Waals surface area contributed by atoms with Gasteiger partial charge in [0, 0.05) is 36.2 Å². The SMILES string of the molecule is Cc1cc(Nc2ccc(NC(=O)C(C)N3C(=O)c4ccccc4C3=O)cc2)nc(N2CCOCC2)n1. The first-order chi connectivity index (χ1) is 17.4. The minimum Gasteiger partial charge on any atom is -0.378 e. The number of imide groups is 1. The van der Waals surface area contributed by atoms with E-state index in [1.165, 1.54) is 6.92 Å². The largest absolute Gasteiger partial charge is 0.378 e. The fourth-order valence-electron chi connectivity index (χ4n) is 4.23. The molecule has 1 aromatic heterocycles.